The first-order valence-electron chi connectivity index (χ1n) is 8.55. The van der Waals surface area contributed by atoms with Crippen LogP contribution in [0.4, 0.5) is 23.1 Å². The van der Waals surface area contributed by atoms with Crippen molar-refractivity contribution in [1.29, 1.82) is 0 Å². The minimum atomic E-state index is 0.398. The lowest BCUT2D eigenvalue weighted by Gasteiger charge is -2.13. The molecule has 7 nitrogen and oxygen atoms in total. The number of aromatic nitrogens is 4. The number of anilines is 4. The summed E-state index contributed by atoms with van der Waals surface area (Å²) in [5.74, 6) is 1.69. The zero-order valence-corrected chi connectivity index (χ0v) is 16.0. The van der Waals surface area contributed by atoms with Crippen LogP contribution in [0.15, 0.2) is 54.9 Å². The molecule has 0 bridgehead atoms. The van der Waals surface area contributed by atoms with E-state index in [9.17, 15) is 0 Å². The summed E-state index contributed by atoms with van der Waals surface area (Å²) in [7, 11) is 1.62. The van der Waals surface area contributed by atoms with Gasteiger partial charge in [-0.25, -0.2) is 9.97 Å². The van der Waals surface area contributed by atoms with E-state index in [0.29, 0.717) is 28.0 Å². The Bertz CT molecular complexity index is 1150. The van der Waals surface area contributed by atoms with Gasteiger partial charge in [-0.15, -0.1) is 0 Å². The first kappa shape index (κ1) is 17.9. The largest absolute Gasteiger partial charge is 0.497 e. The summed E-state index contributed by atoms with van der Waals surface area (Å²) in [6.45, 7) is 1.97. The van der Waals surface area contributed by atoms with Gasteiger partial charge in [0.25, 0.3) is 0 Å². The second-order valence-corrected chi connectivity index (χ2v) is 6.50. The molecule has 0 unspecified atom stereocenters. The van der Waals surface area contributed by atoms with Crippen LogP contribution < -0.4 is 15.4 Å². The highest BCUT2D eigenvalue weighted by Crippen LogP contribution is 2.27. The monoisotopic (exact) mass is 392 g/mol. The highest BCUT2D eigenvalue weighted by Gasteiger charge is 2.12. The summed E-state index contributed by atoms with van der Waals surface area (Å²) in [4.78, 5) is 17.8. The molecular weight excluding hydrogens is 376 g/mol. The fourth-order valence-electron chi connectivity index (χ4n) is 2.73. The molecule has 4 aromatic rings. The first-order chi connectivity index (χ1) is 13.6. The van der Waals surface area contributed by atoms with Gasteiger partial charge in [0.05, 0.1) is 7.11 Å². The van der Waals surface area contributed by atoms with Crippen LogP contribution in [0.3, 0.4) is 0 Å². The predicted octanol–water partition coefficient (Wildman–Crippen LogP) is 4.88. The SMILES string of the molecule is COc1cccc(Nc2nc(Nc3ccc(Cl)cc3C)c3nccnc3n2)c1. The highest BCUT2D eigenvalue weighted by molar-refractivity contribution is 6.30. The van der Waals surface area contributed by atoms with E-state index in [1.54, 1.807) is 19.5 Å². The van der Waals surface area contributed by atoms with Crippen LogP contribution in [0.25, 0.3) is 11.2 Å². The third kappa shape index (κ3) is 3.79. The Labute approximate surface area is 166 Å². The highest BCUT2D eigenvalue weighted by atomic mass is 35.5. The Morgan fingerprint density at radius 3 is 2.64 bits per heavy atom. The average molecular weight is 393 g/mol. The van der Waals surface area contributed by atoms with Gasteiger partial charge in [0.15, 0.2) is 17.0 Å². The van der Waals surface area contributed by atoms with Gasteiger partial charge in [-0.1, -0.05) is 17.7 Å². The van der Waals surface area contributed by atoms with Crippen LogP contribution >= 0.6 is 11.6 Å². The van der Waals surface area contributed by atoms with Crippen molar-refractivity contribution >= 4 is 45.9 Å². The molecule has 0 aliphatic carbocycles. The molecular formula is C20H17ClN6O. The Morgan fingerprint density at radius 1 is 0.964 bits per heavy atom. The molecule has 0 saturated carbocycles. The summed E-state index contributed by atoms with van der Waals surface area (Å²) in [6.07, 6.45) is 3.21. The van der Waals surface area contributed by atoms with E-state index in [1.165, 1.54) is 0 Å². The number of halogens is 1. The quantitative estimate of drug-likeness (QED) is 0.500. The molecule has 0 atom stereocenters. The lowest BCUT2D eigenvalue weighted by atomic mass is 10.2. The van der Waals surface area contributed by atoms with Crippen molar-refractivity contribution in [3.05, 3.63) is 65.4 Å². The van der Waals surface area contributed by atoms with Crippen LogP contribution in [0.5, 0.6) is 5.75 Å². The van der Waals surface area contributed by atoms with Gasteiger partial charge < -0.3 is 15.4 Å². The van der Waals surface area contributed by atoms with Gasteiger partial charge in [0, 0.05) is 34.9 Å². The Hall–Kier alpha value is -3.45. The summed E-state index contributed by atoms with van der Waals surface area (Å²) in [5, 5.41) is 7.18. The van der Waals surface area contributed by atoms with Crippen LogP contribution in [-0.4, -0.2) is 27.0 Å². The van der Waals surface area contributed by atoms with Crippen LogP contribution in [0.1, 0.15) is 5.56 Å². The van der Waals surface area contributed by atoms with E-state index in [4.69, 9.17) is 16.3 Å². The molecule has 2 aromatic heterocycles. The van der Waals surface area contributed by atoms with Crippen molar-refractivity contribution in [1.82, 2.24) is 19.9 Å². The number of methoxy groups -OCH3 is 1. The maximum Gasteiger partial charge on any atom is 0.231 e. The molecule has 2 heterocycles. The molecule has 2 N–H and O–H groups in total. The van der Waals surface area contributed by atoms with Gasteiger partial charge in [0.2, 0.25) is 5.95 Å². The molecule has 0 fully saturated rings. The van der Waals surface area contributed by atoms with Gasteiger partial charge in [-0.2, -0.15) is 9.97 Å². The maximum absolute atomic E-state index is 6.06. The van der Waals surface area contributed by atoms with Gasteiger partial charge >= 0.3 is 0 Å². The second kappa shape index (κ2) is 7.66. The van der Waals surface area contributed by atoms with Crippen LogP contribution in [-0.2, 0) is 0 Å². The summed E-state index contributed by atoms with van der Waals surface area (Å²) in [5.41, 5.74) is 3.73. The number of fused-ring (bicyclic) bond motifs is 1. The van der Waals surface area contributed by atoms with E-state index in [0.717, 1.165) is 22.7 Å². The number of hydrogen-bond acceptors (Lipinski definition) is 7. The third-order valence-corrected chi connectivity index (χ3v) is 4.34. The average Bonchev–Trinajstić information content (AvgIpc) is 2.70. The molecule has 0 saturated heterocycles. The zero-order valence-electron chi connectivity index (χ0n) is 15.3. The number of rotatable bonds is 5. The van der Waals surface area contributed by atoms with E-state index in [1.807, 2.05) is 49.4 Å². The topological polar surface area (TPSA) is 84.9 Å². The normalized spacial score (nSPS) is 10.7. The van der Waals surface area contributed by atoms with Crippen LogP contribution in [0.2, 0.25) is 5.02 Å². The van der Waals surface area contributed by atoms with Crippen molar-refractivity contribution in [2.75, 3.05) is 17.7 Å². The number of nitrogens with zero attached hydrogens (tertiary/aromatic N) is 4. The molecule has 0 aliphatic rings. The third-order valence-electron chi connectivity index (χ3n) is 4.10. The summed E-state index contributed by atoms with van der Waals surface area (Å²) in [6, 6.07) is 13.1. The van der Waals surface area contributed by atoms with Gasteiger partial charge in [-0.05, 0) is 42.8 Å². The molecule has 0 radical (unpaired) electrons. The Morgan fingerprint density at radius 2 is 1.82 bits per heavy atom. The molecule has 0 amide bonds. The van der Waals surface area contributed by atoms with Gasteiger partial charge in [0.1, 0.15) is 5.75 Å². The van der Waals surface area contributed by atoms with Crippen molar-refractivity contribution < 1.29 is 4.74 Å². The molecule has 8 heteroatoms. The van der Waals surface area contributed by atoms with Crippen molar-refractivity contribution in [3.63, 3.8) is 0 Å². The Kier molecular flexibility index (Phi) is 4.90. The molecule has 0 aliphatic heterocycles. The first-order valence-corrected chi connectivity index (χ1v) is 8.93. The smallest absolute Gasteiger partial charge is 0.231 e. The molecule has 140 valence electrons. The fraction of sp³-hybridized carbons (Fsp3) is 0.100. The lowest BCUT2D eigenvalue weighted by Crippen LogP contribution is -2.04. The predicted molar refractivity (Wildman–Crippen MR) is 111 cm³/mol. The minimum Gasteiger partial charge on any atom is -0.497 e. The van der Waals surface area contributed by atoms with Gasteiger partial charge in [-0.3, -0.25) is 0 Å². The molecule has 2 aromatic carbocycles. The second-order valence-electron chi connectivity index (χ2n) is 6.07. The Balaban J connectivity index is 1.74. The van der Waals surface area contributed by atoms with E-state index < -0.39 is 0 Å². The van der Waals surface area contributed by atoms with E-state index in [2.05, 4.69) is 30.6 Å². The molecule has 4 rings (SSSR count). The van der Waals surface area contributed by atoms with Crippen molar-refractivity contribution in [3.8, 4) is 5.75 Å². The fourth-order valence-corrected chi connectivity index (χ4v) is 2.96. The molecule has 28 heavy (non-hydrogen) atoms. The number of aryl methyl sites for hydroxylation is 1. The number of ether oxygens (including phenoxy) is 1. The number of benzene rings is 2. The minimum absolute atomic E-state index is 0.398. The van der Waals surface area contributed by atoms with E-state index in [-0.39, 0.29) is 0 Å². The molecule has 0 spiro atoms. The zero-order chi connectivity index (χ0) is 19.5. The van der Waals surface area contributed by atoms with E-state index >= 15 is 0 Å². The van der Waals surface area contributed by atoms with Crippen molar-refractivity contribution in [2.45, 2.75) is 6.92 Å². The van der Waals surface area contributed by atoms with Crippen molar-refractivity contribution in [2.24, 2.45) is 0 Å². The van der Waals surface area contributed by atoms with Crippen LogP contribution in [0, 0.1) is 6.92 Å². The summed E-state index contributed by atoms with van der Waals surface area (Å²) < 4.78 is 5.26. The maximum atomic E-state index is 6.06. The lowest BCUT2D eigenvalue weighted by molar-refractivity contribution is 0.415. The summed E-state index contributed by atoms with van der Waals surface area (Å²) >= 11 is 6.06. The number of nitrogens with one attached hydrogen (secondary N) is 2. The number of hydrogen-bond donors (Lipinski definition) is 2. The standard InChI is InChI=1S/C20H17ClN6O/c1-12-10-13(21)6-7-16(12)25-19-17-18(23-9-8-22-17)26-20(27-19)24-14-4-3-5-15(11-14)28-2/h3-11H,1-2H3,(H2,23,24,25,26,27).